The fourth-order valence-electron chi connectivity index (χ4n) is 4.52. The number of rotatable bonds is 12. The lowest BCUT2D eigenvalue weighted by molar-refractivity contribution is -0.158. The average Bonchev–Trinajstić information content (AvgIpc) is 3.55. The van der Waals surface area contributed by atoms with E-state index < -0.39 is 5.60 Å². The zero-order valence-corrected chi connectivity index (χ0v) is 23.6. The van der Waals surface area contributed by atoms with E-state index in [-0.39, 0.29) is 5.97 Å². The molecule has 0 atom stereocenters. The van der Waals surface area contributed by atoms with Crippen LogP contribution < -0.4 is 4.74 Å². The van der Waals surface area contributed by atoms with Gasteiger partial charge in [-0.1, -0.05) is 30.3 Å². The SMILES string of the molecule is CCOC(=O)C(C)(C)Oc1c(C)cc(CN(CCc2nc(-c3ccccc3)oc2C)Cc2ncco2)cc1C. The fraction of sp³-hybridized carbons (Fsp3) is 0.387. The molecule has 8 heteroatoms. The molecule has 8 nitrogen and oxygen atoms in total. The van der Waals surface area contributed by atoms with Crippen LogP contribution in [-0.2, 0) is 29.0 Å². The number of carbonyl (C=O) groups is 1. The molecule has 206 valence electrons. The molecule has 0 saturated heterocycles. The largest absolute Gasteiger partial charge is 0.476 e. The first kappa shape index (κ1) is 28.1. The zero-order chi connectivity index (χ0) is 28.0. The Bertz CT molecular complexity index is 1350. The molecule has 0 bridgehead atoms. The lowest BCUT2D eigenvalue weighted by atomic mass is 10.0. The van der Waals surface area contributed by atoms with Gasteiger partial charge in [-0.3, -0.25) is 4.90 Å². The summed E-state index contributed by atoms with van der Waals surface area (Å²) in [4.78, 5) is 23.7. The van der Waals surface area contributed by atoms with E-state index in [9.17, 15) is 4.79 Å². The molecular weight excluding hydrogens is 494 g/mol. The molecule has 0 saturated carbocycles. The van der Waals surface area contributed by atoms with Crippen molar-refractivity contribution in [3.8, 4) is 17.2 Å². The first-order valence-electron chi connectivity index (χ1n) is 13.2. The first-order chi connectivity index (χ1) is 18.7. The lowest BCUT2D eigenvalue weighted by Crippen LogP contribution is -2.40. The van der Waals surface area contributed by atoms with E-state index in [2.05, 4.69) is 22.0 Å². The summed E-state index contributed by atoms with van der Waals surface area (Å²) in [6.45, 7) is 13.5. The molecule has 2 aromatic carbocycles. The number of oxazole rings is 2. The standard InChI is InChI=1S/C31H37N3O5/c1-7-36-30(35)31(5,6)39-28-21(2)17-24(18-22(28)3)19-34(20-27-32-14-16-37-27)15-13-26-23(4)38-29(33-26)25-11-9-8-10-12-25/h8-12,14,16-18H,7,13,15,19-20H2,1-6H3. The summed E-state index contributed by atoms with van der Waals surface area (Å²) < 4.78 is 22.9. The Morgan fingerprint density at radius 1 is 1.05 bits per heavy atom. The molecule has 0 fully saturated rings. The third kappa shape index (κ3) is 7.15. The van der Waals surface area contributed by atoms with Gasteiger partial charge in [0.1, 0.15) is 17.8 Å². The molecule has 4 rings (SSSR count). The summed E-state index contributed by atoms with van der Waals surface area (Å²) in [5.41, 5.74) is 3.85. The van der Waals surface area contributed by atoms with Crippen LogP contribution in [0.1, 0.15) is 54.8 Å². The van der Waals surface area contributed by atoms with E-state index in [1.54, 1.807) is 33.2 Å². The Morgan fingerprint density at radius 2 is 1.77 bits per heavy atom. The van der Waals surface area contributed by atoms with Crippen molar-refractivity contribution in [2.75, 3.05) is 13.2 Å². The van der Waals surface area contributed by atoms with Crippen LogP contribution in [0.25, 0.3) is 11.5 Å². The third-order valence-corrected chi connectivity index (χ3v) is 6.47. The second-order valence-corrected chi connectivity index (χ2v) is 10.2. The van der Waals surface area contributed by atoms with Gasteiger partial charge in [-0.15, -0.1) is 0 Å². The van der Waals surface area contributed by atoms with E-state index in [0.29, 0.717) is 37.2 Å². The van der Waals surface area contributed by atoms with Crippen molar-refractivity contribution in [1.82, 2.24) is 14.9 Å². The number of aryl methyl sites for hydroxylation is 3. The summed E-state index contributed by atoms with van der Waals surface area (Å²) in [7, 11) is 0. The summed E-state index contributed by atoms with van der Waals surface area (Å²) >= 11 is 0. The van der Waals surface area contributed by atoms with Gasteiger partial charge in [-0.2, -0.15) is 0 Å². The second kappa shape index (κ2) is 12.3. The van der Waals surface area contributed by atoms with Gasteiger partial charge in [-0.25, -0.2) is 14.8 Å². The normalized spacial score (nSPS) is 11.7. The fourth-order valence-corrected chi connectivity index (χ4v) is 4.52. The molecule has 2 heterocycles. The van der Waals surface area contributed by atoms with Crippen molar-refractivity contribution in [2.45, 2.75) is 66.7 Å². The summed E-state index contributed by atoms with van der Waals surface area (Å²) in [5, 5.41) is 0. The molecule has 0 amide bonds. The number of aromatic nitrogens is 2. The van der Waals surface area contributed by atoms with Gasteiger partial charge < -0.3 is 18.3 Å². The number of hydrogen-bond donors (Lipinski definition) is 0. The maximum absolute atomic E-state index is 12.4. The van der Waals surface area contributed by atoms with Gasteiger partial charge in [0.15, 0.2) is 5.60 Å². The van der Waals surface area contributed by atoms with Crippen LogP contribution in [0, 0.1) is 20.8 Å². The van der Waals surface area contributed by atoms with Gasteiger partial charge in [0.2, 0.25) is 11.8 Å². The molecule has 0 aliphatic carbocycles. The van der Waals surface area contributed by atoms with Gasteiger partial charge in [-0.05, 0) is 70.4 Å². The van der Waals surface area contributed by atoms with Crippen molar-refractivity contribution in [3.63, 3.8) is 0 Å². The predicted molar refractivity (Wildman–Crippen MR) is 148 cm³/mol. The van der Waals surface area contributed by atoms with Crippen molar-refractivity contribution in [1.29, 1.82) is 0 Å². The molecule has 0 aliphatic rings. The molecule has 39 heavy (non-hydrogen) atoms. The van der Waals surface area contributed by atoms with Crippen molar-refractivity contribution < 1.29 is 23.1 Å². The Kier molecular flexibility index (Phi) is 8.86. The van der Waals surface area contributed by atoms with E-state index in [0.717, 1.165) is 46.7 Å². The zero-order valence-electron chi connectivity index (χ0n) is 23.6. The van der Waals surface area contributed by atoms with Crippen LogP contribution in [0.5, 0.6) is 5.75 Å². The second-order valence-electron chi connectivity index (χ2n) is 10.2. The van der Waals surface area contributed by atoms with E-state index >= 15 is 0 Å². The van der Waals surface area contributed by atoms with Crippen LogP contribution in [0.3, 0.4) is 0 Å². The molecule has 0 radical (unpaired) electrons. The maximum atomic E-state index is 12.4. The van der Waals surface area contributed by atoms with E-state index in [1.165, 1.54) is 0 Å². The smallest absolute Gasteiger partial charge is 0.349 e. The molecule has 0 spiro atoms. The van der Waals surface area contributed by atoms with Crippen LogP contribution in [0.4, 0.5) is 0 Å². The van der Waals surface area contributed by atoms with Crippen LogP contribution in [-0.4, -0.2) is 39.6 Å². The Morgan fingerprint density at radius 3 is 2.41 bits per heavy atom. The molecule has 4 aromatic rings. The van der Waals surface area contributed by atoms with Crippen molar-refractivity contribution in [3.05, 3.63) is 89.0 Å². The highest BCUT2D eigenvalue weighted by molar-refractivity contribution is 5.79. The van der Waals surface area contributed by atoms with Crippen molar-refractivity contribution >= 4 is 5.97 Å². The number of esters is 1. The number of nitrogens with zero attached hydrogens (tertiary/aromatic N) is 3. The van der Waals surface area contributed by atoms with E-state index in [4.69, 9.17) is 23.3 Å². The van der Waals surface area contributed by atoms with Gasteiger partial charge in [0.25, 0.3) is 0 Å². The number of carbonyl (C=O) groups excluding carboxylic acids is 1. The summed E-state index contributed by atoms with van der Waals surface area (Å²) in [5.74, 6) is 2.42. The highest BCUT2D eigenvalue weighted by Crippen LogP contribution is 2.30. The Balaban J connectivity index is 1.50. The highest BCUT2D eigenvalue weighted by Gasteiger charge is 2.32. The topological polar surface area (TPSA) is 90.8 Å². The van der Waals surface area contributed by atoms with Crippen molar-refractivity contribution in [2.24, 2.45) is 0 Å². The predicted octanol–water partition coefficient (Wildman–Crippen LogP) is 6.22. The van der Waals surface area contributed by atoms with E-state index in [1.807, 2.05) is 51.1 Å². The minimum Gasteiger partial charge on any atom is -0.476 e. The number of benzene rings is 2. The van der Waals surface area contributed by atoms with Gasteiger partial charge in [0.05, 0.1) is 25.0 Å². The molecular formula is C31H37N3O5. The van der Waals surface area contributed by atoms with Gasteiger partial charge >= 0.3 is 5.97 Å². The number of ether oxygens (including phenoxy) is 2. The third-order valence-electron chi connectivity index (χ3n) is 6.47. The molecule has 0 aliphatic heterocycles. The lowest BCUT2D eigenvalue weighted by Gasteiger charge is -2.27. The average molecular weight is 532 g/mol. The Labute approximate surface area is 230 Å². The Hall–Kier alpha value is -3.91. The van der Waals surface area contributed by atoms with Crippen LogP contribution >= 0.6 is 0 Å². The quantitative estimate of drug-likeness (QED) is 0.199. The summed E-state index contributed by atoms with van der Waals surface area (Å²) in [6, 6.07) is 14.1. The molecule has 2 aromatic heterocycles. The minimum atomic E-state index is -1.09. The molecule has 0 N–H and O–H groups in total. The van der Waals surface area contributed by atoms with Crippen LogP contribution in [0.2, 0.25) is 0 Å². The van der Waals surface area contributed by atoms with Crippen LogP contribution in [0.15, 0.2) is 63.8 Å². The number of hydrogen-bond acceptors (Lipinski definition) is 8. The summed E-state index contributed by atoms with van der Waals surface area (Å²) in [6.07, 6.45) is 3.97. The monoisotopic (exact) mass is 531 g/mol. The van der Waals surface area contributed by atoms with Gasteiger partial charge in [0, 0.05) is 25.1 Å². The molecule has 0 unspecified atom stereocenters. The minimum absolute atomic E-state index is 0.310. The first-order valence-corrected chi connectivity index (χ1v) is 13.2. The maximum Gasteiger partial charge on any atom is 0.349 e. The highest BCUT2D eigenvalue weighted by atomic mass is 16.6.